The van der Waals surface area contributed by atoms with Gasteiger partial charge in [0, 0.05) is 12.4 Å². The first-order valence-corrected chi connectivity index (χ1v) is 8.73. The van der Waals surface area contributed by atoms with E-state index in [1.165, 1.54) is 0 Å². The predicted molar refractivity (Wildman–Crippen MR) is 103 cm³/mol. The van der Waals surface area contributed by atoms with Gasteiger partial charge in [0.15, 0.2) is 5.82 Å². The van der Waals surface area contributed by atoms with Crippen molar-refractivity contribution in [2.45, 2.75) is 26.3 Å². The molecule has 140 valence electrons. The first-order valence-electron chi connectivity index (χ1n) is 8.73. The zero-order chi connectivity index (χ0) is 19.4. The van der Waals surface area contributed by atoms with E-state index in [0.29, 0.717) is 23.6 Å². The fourth-order valence-electron chi connectivity index (χ4n) is 3.00. The van der Waals surface area contributed by atoms with Gasteiger partial charge in [-0.25, -0.2) is 9.78 Å². The lowest BCUT2D eigenvalue weighted by Gasteiger charge is -2.19. The number of hydrogen-bond donors (Lipinski definition) is 2. The van der Waals surface area contributed by atoms with Crippen molar-refractivity contribution < 1.29 is 14.6 Å². The summed E-state index contributed by atoms with van der Waals surface area (Å²) in [7, 11) is 1.55. The molecular weight excluding hydrogens is 344 g/mol. The maximum absolute atomic E-state index is 11.2. The molecule has 0 radical (unpaired) electrons. The van der Waals surface area contributed by atoms with E-state index in [1.54, 1.807) is 19.5 Å². The summed E-state index contributed by atoms with van der Waals surface area (Å²) < 4.78 is 5.48. The van der Waals surface area contributed by atoms with E-state index in [0.717, 1.165) is 16.5 Å². The maximum atomic E-state index is 11.2. The van der Waals surface area contributed by atoms with Crippen molar-refractivity contribution in [2.24, 2.45) is 5.92 Å². The van der Waals surface area contributed by atoms with Gasteiger partial charge in [-0.2, -0.15) is 4.98 Å². The number of ether oxygens (including phenoxy) is 1. The number of nitrogens with one attached hydrogen (secondary N) is 1. The molecule has 27 heavy (non-hydrogen) atoms. The third-order valence-electron chi connectivity index (χ3n) is 4.20. The monoisotopic (exact) mass is 366 g/mol. The van der Waals surface area contributed by atoms with Crippen LogP contribution in [0.4, 0.5) is 4.79 Å². The molecule has 1 atom stereocenters. The van der Waals surface area contributed by atoms with Crippen LogP contribution in [0.25, 0.3) is 22.0 Å². The lowest BCUT2D eigenvalue weighted by atomic mass is 10.0. The number of amides is 1. The number of benzene rings is 1. The van der Waals surface area contributed by atoms with Crippen molar-refractivity contribution in [1.29, 1.82) is 0 Å². The zero-order valence-electron chi connectivity index (χ0n) is 15.5. The summed E-state index contributed by atoms with van der Waals surface area (Å²) in [6.07, 6.45) is 2.97. The number of hydrogen-bond acceptors (Lipinski definition) is 5. The minimum absolute atomic E-state index is 0.279. The fourth-order valence-corrected chi connectivity index (χ4v) is 3.00. The Kier molecular flexibility index (Phi) is 5.49. The van der Waals surface area contributed by atoms with E-state index in [-0.39, 0.29) is 5.92 Å². The Balaban J connectivity index is 2.08. The molecule has 3 aromatic rings. The average Bonchev–Trinajstić information content (AvgIpc) is 2.66. The third kappa shape index (κ3) is 4.31. The molecule has 0 fully saturated rings. The molecule has 0 aliphatic carbocycles. The highest BCUT2D eigenvalue weighted by atomic mass is 16.5. The van der Waals surface area contributed by atoms with Gasteiger partial charge >= 0.3 is 6.09 Å². The normalized spacial score (nSPS) is 12.1. The van der Waals surface area contributed by atoms with E-state index in [9.17, 15) is 4.79 Å². The molecule has 1 amide bonds. The SMILES string of the molecule is COc1nc(C(CC(C)C)NC(=O)O)nc2ccc(-c3ccncc3)cc12. The van der Waals surface area contributed by atoms with Crippen molar-refractivity contribution in [3.63, 3.8) is 0 Å². The summed E-state index contributed by atoms with van der Waals surface area (Å²) in [4.78, 5) is 24.3. The summed E-state index contributed by atoms with van der Waals surface area (Å²) in [6.45, 7) is 4.05. The Bertz CT molecular complexity index is 945. The Labute approximate surface area is 157 Å². The Morgan fingerprint density at radius 2 is 1.89 bits per heavy atom. The summed E-state index contributed by atoms with van der Waals surface area (Å²) in [5, 5.41) is 12.4. The number of methoxy groups -OCH3 is 1. The van der Waals surface area contributed by atoms with Crippen LogP contribution in [0.5, 0.6) is 5.88 Å². The van der Waals surface area contributed by atoms with Gasteiger partial charge in [-0.05, 0) is 47.7 Å². The number of fused-ring (bicyclic) bond motifs is 1. The van der Waals surface area contributed by atoms with Gasteiger partial charge < -0.3 is 15.2 Å². The second-order valence-electron chi connectivity index (χ2n) is 6.69. The Morgan fingerprint density at radius 3 is 2.52 bits per heavy atom. The van der Waals surface area contributed by atoms with Gasteiger partial charge in [-0.15, -0.1) is 0 Å². The summed E-state index contributed by atoms with van der Waals surface area (Å²) in [5.41, 5.74) is 2.74. The van der Waals surface area contributed by atoms with E-state index in [2.05, 4.69) is 20.3 Å². The molecular formula is C20H22N4O3. The second kappa shape index (κ2) is 7.99. The summed E-state index contributed by atoms with van der Waals surface area (Å²) >= 11 is 0. The highest BCUT2D eigenvalue weighted by Crippen LogP contribution is 2.30. The third-order valence-corrected chi connectivity index (χ3v) is 4.20. The lowest BCUT2D eigenvalue weighted by Crippen LogP contribution is -2.29. The van der Waals surface area contributed by atoms with Crippen LogP contribution in [-0.2, 0) is 0 Å². The topological polar surface area (TPSA) is 97.2 Å². The van der Waals surface area contributed by atoms with Crippen LogP contribution in [0.3, 0.4) is 0 Å². The molecule has 3 rings (SSSR count). The highest BCUT2D eigenvalue weighted by molar-refractivity contribution is 5.88. The van der Waals surface area contributed by atoms with E-state index in [4.69, 9.17) is 9.84 Å². The molecule has 1 unspecified atom stereocenters. The van der Waals surface area contributed by atoms with Crippen molar-refractivity contribution in [1.82, 2.24) is 20.3 Å². The lowest BCUT2D eigenvalue weighted by molar-refractivity contribution is 0.187. The fraction of sp³-hybridized carbons (Fsp3) is 0.300. The summed E-state index contributed by atoms with van der Waals surface area (Å²) in [6, 6.07) is 9.19. The van der Waals surface area contributed by atoms with E-state index < -0.39 is 12.1 Å². The zero-order valence-corrected chi connectivity index (χ0v) is 15.5. The van der Waals surface area contributed by atoms with E-state index in [1.807, 2.05) is 44.2 Å². The molecule has 2 aromatic heterocycles. The van der Waals surface area contributed by atoms with Crippen molar-refractivity contribution in [3.8, 4) is 17.0 Å². The van der Waals surface area contributed by atoms with Crippen LogP contribution in [0.2, 0.25) is 0 Å². The quantitative estimate of drug-likeness (QED) is 0.683. The molecule has 7 nitrogen and oxygen atoms in total. The number of nitrogens with zero attached hydrogens (tertiary/aromatic N) is 3. The number of aromatic nitrogens is 3. The first kappa shape index (κ1) is 18.6. The van der Waals surface area contributed by atoms with Crippen molar-refractivity contribution in [3.05, 3.63) is 48.5 Å². The summed E-state index contributed by atoms with van der Waals surface area (Å²) in [5.74, 6) is 1.11. The molecule has 0 aliphatic heterocycles. The second-order valence-corrected chi connectivity index (χ2v) is 6.69. The Morgan fingerprint density at radius 1 is 1.15 bits per heavy atom. The highest BCUT2D eigenvalue weighted by Gasteiger charge is 2.21. The minimum atomic E-state index is -1.10. The Hall–Kier alpha value is -3.22. The van der Waals surface area contributed by atoms with Crippen LogP contribution in [0.1, 0.15) is 32.1 Å². The largest absolute Gasteiger partial charge is 0.480 e. The molecule has 2 heterocycles. The van der Waals surface area contributed by atoms with Gasteiger partial charge in [-0.1, -0.05) is 19.9 Å². The molecule has 0 saturated carbocycles. The van der Waals surface area contributed by atoms with Crippen molar-refractivity contribution >= 4 is 17.0 Å². The van der Waals surface area contributed by atoms with Gasteiger partial charge in [0.25, 0.3) is 0 Å². The van der Waals surface area contributed by atoms with Crippen LogP contribution >= 0.6 is 0 Å². The van der Waals surface area contributed by atoms with Crippen LogP contribution in [0, 0.1) is 5.92 Å². The van der Waals surface area contributed by atoms with Crippen LogP contribution < -0.4 is 10.1 Å². The number of carbonyl (C=O) groups is 1. The van der Waals surface area contributed by atoms with Gasteiger partial charge in [-0.3, -0.25) is 4.98 Å². The molecule has 7 heteroatoms. The van der Waals surface area contributed by atoms with Gasteiger partial charge in [0.05, 0.1) is 24.1 Å². The number of pyridine rings is 1. The molecule has 0 spiro atoms. The maximum Gasteiger partial charge on any atom is 0.405 e. The van der Waals surface area contributed by atoms with Crippen molar-refractivity contribution in [2.75, 3.05) is 7.11 Å². The van der Waals surface area contributed by atoms with Gasteiger partial charge in [0.2, 0.25) is 5.88 Å². The molecule has 2 N–H and O–H groups in total. The number of rotatable bonds is 6. The van der Waals surface area contributed by atoms with Crippen LogP contribution in [-0.4, -0.2) is 33.3 Å². The van der Waals surface area contributed by atoms with Gasteiger partial charge in [0.1, 0.15) is 0 Å². The van der Waals surface area contributed by atoms with E-state index >= 15 is 0 Å². The predicted octanol–water partition coefficient (Wildman–Crippen LogP) is 4.06. The smallest absolute Gasteiger partial charge is 0.405 e. The molecule has 0 aliphatic rings. The molecule has 1 aromatic carbocycles. The molecule has 0 bridgehead atoms. The minimum Gasteiger partial charge on any atom is -0.480 e. The average molecular weight is 366 g/mol. The number of carboxylic acid groups (broad SMARTS) is 1. The standard InChI is InChI=1S/C20H22N4O3/c1-12(2)10-17(23-20(25)26)18-22-16-5-4-14(13-6-8-21-9-7-13)11-15(16)19(24-18)27-3/h4-9,11-12,17,23H,10H2,1-3H3,(H,25,26). The first-order chi connectivity index (χ1) is 13.0. The molecule has 0 saturated heterocycles. The van der Waals surface area contributed by atoms with Crippen LogP contribution in [0.15, 0.2) is 42.7 Å².